The Hall–Kier alpha value is -0.570. The largest absolute Gasteiger partial charge is 0.316 e. The van der Waals surface area contributed by atoms with Crippen molar-refractivity contribution in [1.82, 2.24) is 10.7 Å². The Kier molecular flexibility index (Phi) is 0.990. The van der Waals surface area contributed by atoms with E-state index in [9.17, 15) is 0 Å². The number of hydrogen-bond acceptors (Lipinski definition) is 3. The molecule has 1 unspecified atom stereocenters. The SMILES string of the molecule is C1=NNCC12CCNC2. The molecule has 1 fully saturated rings. The van der Waals surface area contributed by atoms with E-state index in [2.05, 4.69) is 15.8 Å². The number of nitrogens with zero attached hydrogens (tertiary/aromatic N) is 1. The van der Waals surface area contributed by atoms with Crippen LogP contribution in [0.15, 0.2) is 5.10 Å². The zero-order valence-electron chi connectivity index (χ0n) is 5.35. The summed E-state index contributed by atoms with van der Waals surface area (Å²) in [6.45, 7) is 3.28. The summed E-state index contributed by atoms with van der Waals surface area (Å²) in [5.41, 5.74) is 3.36. The molecule has 50 valence electrons. The van der Waals surface area contributed by atoms with Gasteiger partial charge in [0.25, 0.3) is 0 Å². The second kappa shape index (κ2) is 1.70. The Balaban J connectivity index is 2.13. The topological polar surface area (TPSA) is 36.4 Å². The van der Waals surface area contributed by atoms with Crippen molar-refractivity contribution in [3.8, 4) is 0 Å². The quantitative estimate of drug-likeness (QED) is 0.460. The maximum atomic E-state index is 4.00. The molecule has 2 aliphatic heterocycles. The molecule has 0 saturated carbocycles. The average Bonchev–Trinajstić information content (AvgIpc) is 2.45. The van der Waals surface area contributed by atoms with E-state index in [1.54, 1.807) is 0 Å². The van der Waals surface area contributed by atoms with Gasteiger partial charge >= 0.3 is 0 Å². The van der Waals surface area contributed by atoms with Crippen LogP contribution < -0.4 is 10.7 Å². The summed E-state index contributed by atoms with van der Waals surface area (Å²) in [6, 6.07) is 0. The molecule has 0 aromatic heterocycles. The lowest BCUT2D eigenvalue weighted by Crippen LogP contribution is -2.29. The van der Waals surface area contributed by atoms with Crippen LogP contribution in [0.4, 0.5) is 0 Å². The van der Waals surface area contributed by atoms with Gasteiger partial charge in [0.05, 0.1) is 0 Å². The zero-order valence-corrected chi connectivity index (χ0v) is 5.35. The van der Waals surface area contributed by atoms with Crippen LogP contribution in [-0.2, 0) is 0 Å². The second-order valence-electron chi connectivity index (χ2n) is 2.88. The molecule has 0 amide bonds. The molecule has 9 heavy (non-hydrogen) atoms. The van der Waals surface area contributed by atoms with Gasteiger partial charge in [-0.15, -0.1) is 0 Å². The standard InChI is InChI=1S/C6H11N3/c1-2-7-3-6(1)4-8-9-5-6/h4,7,9H,1-3,5H2. The highest BCUT2D eigenvalue weighted by Gasteiger charge is 2.34. The van der Waals surface area contributed by atoms with Crippen molar-refractivity contribution in [2.45, 2.75) is 6.42 Å². The summed E-state index contributed by atoms with van der Waals surface area (Å²) in [4.78, 5) is 0. The van der Waals surface area contributed by atoms with E-state index < -0.39 is 0 Å². The van der Waals surface area contributed by atoms with Gasteiger partial charge in [-0.2, -0.15) is 5.10 Å². The first-order valence-corrected chi connectivity index (χ1v) is 3.39. The monoisotopic (exact) mass is 125 g/mol. The van der Waals surface area contributed by atoms with Crippen LogP contribution >= 0.6 is 0 Å². The molecule has 1 atom stereocenters. The molecule has 0 bridgehead atoms. The van der Waals surface area contributed by atoms with Crippen molar-refractivity contribution in [2.24, 2.45) is 10.5 Å². The molecule has 1 spiro atoms. The van der Waals surface area contributed by atoms with E-state index in [1.165, 1.54) is 6.42 Å². The van der Waals surface area contributed by atoms with Crippen LogP contribution in [0, 0.1) is 5.41 Å². The molecular formula is C6H11N3. The lowest BCUT2D eigenvalue weighted by Gasteiger charge is -2.14. The van der Waals surface area contributed by atoms with E-state index >= 15 is 0 Å². The first-order chi connectivity index (χ1) is 4.41. The zero-order chi connectivity index (χ0) is 6.16. The highest BCUT2D eigenvalue weighted by Crippen LogP contribution is 2.24. The van der Waals surface area contributed by atoms with Crippen LogP contribution in [0.2, 0.25) is 0 Å². The van der Waals surface area contributed by atoms with Crippen LogP contribution in [0.1, 0.15) is 6.42 Å². The first-order valence-electron chi connectivity index (χ1n) is 3.39. The molecule has 0 aromatic carbocycles. The normalized spacial score (nSPS) is 40.0. The van der Waals surface area contributed by atoms with E-state index in [4.69, 9.17) is 0 Å². The predicted octanol–water partition coefficient (Wildman–Crippen LogP) is -0.445. The van der Waals surface area contributed by atoms with Crippen molar-refractivity contribution in [1.29, 1.82) is 0 Å². The molecule has 3 nitrogen and oxygen atoms in total. The summed E-state index contributed by atoms with van der Waals surface area (Å²) in [5, 5.41) is 7.33. The van der Waals surface area contributed by atoms with E-state index in [0.717, 1.165) is 19.6 Å². The summed E-state index contributed by atoms with van der Waals surface area (Å²) in [7, 11) is 0. The van der Waals surface area contributed by atoms with Gasteiger partial charge < -0.3 is 10.7 Å². The second-order valence-corrected chi connectivity index (χ2v) is 2.88. The fourth-order valence-corrected chi connectivity index (χ4v) is 1.46. The fourth-order valence-electron chi connectivity index (χ4n) is 1.46. The Morgan fingerprint density at radius 3 is 3.00 bits per heavy atom. The molecule has 2 heterocycles. The predicted molar refractivity (Wildman–Crippen MR) is 36.4 cm³/mol. The van der Waals surface area contributed by atoms with Gasteiger partial charge in [-0.05, 0) is 13.0 Å². The third-order valence-corrected chi connectivity index (χ3v) is 2.14. The summed E-state index contributed by atoms with van der Waals surface area (Å²) >= 11 is 0. The third-order valence-electron chi connectivity index (χ3n) is 2.14. The smallest absolute Gasteiger partial charge is 0.0449 e. The van der Waals surface area contributed by atoms with Crippen LogP contribution in [0.3, 0.4) is 0 Å². The van der Waals surface area contributed by atoms with Gasteiger partial charge in [-0.3, -0.25) is 0 Å². The molecule has 3 heteroatoms. The van der Waals surface area contributed by atoms with Crippen LogP contribution in [-0.4, -0.2) is 25.8 Å². The van der Waals surface area contributed by atoms with Gasteiger partial charge in [0, 0.05) is 24.7 Å². The summed E-state index contributed by atoms with van der Waals surface area (Å²) in [6.07, 6.45) is 3.29. The molecule has 2 N–H and O–H groups in total. The number of hydrazone groups is 1. The van der Waals surface area contributed by atoms with Crippen molar-refractivity contribution < 1.29 is 0 Å². The molecular weight excluding hydrogens is 114 g/mol. The molecule has 2 rings (SSSR count). The van der Waals surface area contributed by atoms with E-state index in [0.29, 0.717) is 5.41 Å². The number of hydrogen-bond donors (Lipinski definition) is 2. The first kappa shape index (κ1) is 5.23. The molecule has 0 aromatic rings. The van der Waals surface area contributed by atoms with Crippen molar-refractivity contribution in [2.75, 3.05) is 19.6 Å². The minimum absolute atomic E-state index is 0.375. The van der Waals surface area contributed by atoms with Gasteiger partial charge in [-0.25, -0.2) is 0 Å². The van der Waals surface area contributed by atoms with Crippen molar-refractivity contribution >= 4 is 6.21 Å². The van der Waals surface area contributed by atoms with Gasteiger partial charge in [0.2, 0.25) is 0 Å². The van der Waals surface area contributed by atoms with E-state index in [-0.39, 0.29) is 0 Å². The maximum absolute atomic E-state index is 4.00. The highest BCUT2D eigenvalue weighted by molar-refractivity contribution is 5.68. The van der Waals surface area contributed by atoms with Gasteiger partial charge in [0.15, 0.2) is 0 Å². The Labute approximate surface area is 54.5 Å². The minimum Gasteiger partial charge on any atom is -0.316 e. The maximum Gasteiger partial charge on any atom is 0.0449 e. The van der Waals surface area contributed by atoms with Crippen molar-refractivity contribution in [3.63, 3.8) is 0 Å². The molecule has 1 saturated heterocycles. The summed E-state index contributed by atoms with van der Waals surface area (Å²) in [5.74, 6) is 0. The van der Waals surface area contributed by atoms with Crippen LogP contribution in [0.5, 0.6) is 0 Å². The minimum atomic E-state index is 0.375. The molecule has 0 aliphatic carbocycles. The highest BCUT2D eigenvalue weighted by atomic mass is 15.3. The number of nitrogens with one attached hydrogen (secondary N) is 2. The van der Waals surface area contributed by atoms with Gasteiger partial charge in [-0.1, -0.05) is 0 Å². The summed E-state index contributed by atoms with van der Waals surface area (Å²) < 4.78 is 0. The lowest BCUT2D eigenvalue weighted by atomic mass is 9.90. The lowest BCUT2D eigenvalue weighted by molar-refractivity contribution is 0.478. The van der Waals surface area contributed by atoms with Crippen molar-refractivity contribution in [3.05, 3.63) is 0 Å². The third kappa shape index (κ3) is 0.721. The Bertz CT molecular complexity index is 135. The average molecular weight is 125 g/mol. The molecule has 0 radical (unpaired) electrons. The Morgan fingerprint density at radius 1 is 1.44 bits per heavy atom. The van der Waals surface area contributed by atoms with E-state index in [1.807, 2.05) is 6.21 Å². The van der Waals surface area contributed by atoms with Gasteiger partial charge in [0.1, 0.15) is 0 Å². The number of rotatable bonds is 0. The Morgan fingerprint density at radius 2 is 2.44 bits per heavy atom. The fraction of sp³-hybridized carbons (Fsp3) is 0.833. The van der Waals surface area contributed by atoms with Crippen LogP contribution in [0.25, 0.3) is 0 Å². The molecule has 2 aliphatic rings.